The van der Waals surface area contributed by atoms with Crippen LogP contribution in [0.25, 0.3) is 5.76 Å². The molecule has 0 aliphatic carbocycles. The minimum absolute atomic E-state index is 0.104. The number of carbonyl (C=O) groups excluding carboxylic acids is 3. The number of benzene rings is 3. The van der Waals surface area contributed by atoms with Crippen molar-refractivity contribution in [2.24, 2.45) is 5.92 Å². The van der Waals surface area contributed by atoms with Crippen molar-refractivity contribution in [3.63, 3.8) is 0 Å². The van der Waals surface area contributed by atoms with E-state index in [2.05, 4.69) is 15.9 Å². The number of cyclic esters (lactones) is 1. The van der Waals surface area contributed by atoms with Gasteiger partial charge in [0.1, 0.15) is 5.76 Å². The summed E-state index contributed by atoms with van der Waals surface area (Å²) >= 11 is 3.42. The van der Waals surface area contributed by atoms with Gasteiger partial charge < -0.3 is 9.47 Å². The Bertz CT molecular complexity index is 1200. The van der Waals surface area contributed by atoms with E-state index in [1.807, 2.05) is 24.3 Å². The first-order valence-electron chi connectivity index (χ1n) is 10.5. The fourth-order valence-electron chi connectivity index (χ4n) is 3.95. The lowest BCUT2D eigenvalue weighted by molar-refractivity contribution is -0.159. The molecule has 0 spiro atoms. The van der Waals surface area contributed by atoms with Gasteiger partial charge in [-0.15, -0.1) is 0 Å². The molecule has 4 rings (SSSR count). The van der Waals surface area contributed by atoms with Gasteiger partial charge in [-0.3, -0.25) is 14.4 Å². The summed E-state index contributed by atoms with van der Waals surface area (Å²) < 4.78 is 11.7. The lowest BCUT2D eigenvalue weighted by Gasteiger charge is -2.32. The van der Waals surface area contributed by atoms with E-state index in [-0.39, 0.29) is 23.7 Å². The van der Waals surface area contributed by atoms with Crippen LogP contribution in [-0.2, 0) is 19.1 Å². The van der Waals surface area contributed by atoms with Gasteiger partial charge in [0, 0.05) is 21.5 Å². The third-order valence-corrected chi connectivity index (χ3v) is 5.96. The van der Waals surface area contributed by atoms with Crippen LogP contribution in [0.1, 0.15) is 34.3 Å². The molecular formula is C27H21BrO5. The largest absolute Gasteiger partial charge is 0.465 e. The second-order valence-corrected chi connectivity index (χ2v) is 8.40. The van der Waals surface area contributed by atoms with Crippen LogP contribution in [0, 0.1) is 5.92 Å². The van der Waals surface area contributed by atoms with Crippen molar-refractivity contribution in [1.82, 2.24) is 0 Å². The molecule has 1 heterocycles. The third kappa shape index (κ3) is 4.66. The summed E-state index contributed by atoms with van der Waals surface area (Å²) in [5.41, 5.74) is 1.89. The molecule has 1 aliphatic rings. The highest BCUT2D eigenvalue weighted by atomic mass is 79.9. The number of Topliss-reactive ketones (excluding diaryl/α,β-unsaturated/α-hetero) is 1. The molecule has 5 nitrogen and oxygen atoms in total. The number of hydrogen-bond acceptors (Lipinski definition) is 5. The van der Waals surface area contributed by atoms with Gasteiger partial charge in [-0.05, 0) is 24.6 Å². The second kappa shape index (κ2) is 9.96. The summed E-state index contributed by atoms with van der Waals surface area (Å²) in [6.45, 7) is 1.77. The summed E-state index contributed by atoms with van der Waals surface area (Å²) in [7, 11) is 0. The average Bonchev–Trinajstić information content (AvgIpc) is 2.84. The summed E-state index contributed by atoms with van der Waals surface area (Å²) in [4.78, 5) is 40.0. The van der Waals surface area contributed by atoms with Crippen LogP contribution in [0.2, 0.25) is 0 Å². The van der Waals surface area contributed by atoms with Gasteiger partial charge in [0.2, 0.25) is 0 Å². The van der Waals surface area contributed by atoms with E-state index < -0.39 is 23.8 Å². The Morgan fingerprint density at radius 3 is 2.12 bits per heavy atom. The van der Waals surface area contributed by atoms with Gasteiger partial charge >= 0.3 is 11.9 Å². The normalized spacial score (nSPS) is 17.9. The van der Waals surface area contributed by atoms with Crippen molar-refractivity contribution in [2.45, 2.75) is 12.8 Å². The Kier molecular flexibility index (Phi) is 6.84. The molecule has 0 radical (unpaired) electrons. The second-order valence-electron chi connectivity index (χ2n) is 7.48. The summed E-state index contributed by atoms with van der Waals surface area (Å²) in [6, 6.07) is 24.9. The Hall–Kier alpha value is -3.51. The quantitative estimate of drug-likeness (QED) is 0.249. The van der Waals surface area contributed by atoms with E-state index in [0.29, 0.717) is 16.7 Å². The maximum atomic E-state index is 13.9. The van der Waals surface area contributed by atoms with Crippen LogP contribution in [-0.4, -0.2) is 24.3 Å². The number of hydrogen-bond donors (Lipinski definition) is 0. The molecular weight excluding hydrogens is 484 g/mol. The van der Waals surface area contributed by atoms with Crippen molar-refractivity contribution < 1.29 is 23.9 Å². The number of rotatable bonds is 6. The minimum atomic E-state index is -1.30. The maximum absolute atomic E-state index is 13.9. The standard InChI is InChI=1S/C27H21BrO5/c1-2-32-26(30)23-21(17-13-15-20(28)16-14-17)22(24(29)18-9-5-3-6-10-18)25(33-27(23)31)19-11-7-4-8-12-19/h3-16,21,23H,2H2,1H3/t21-,23-/m0/s1. The molecule has 3 aromatic carbocycles. The fourth-order valence-corrected chi connectivity index (χ4v) is 4.21. The SMILES string of the molecule is CCOC(=O)[C@H]1C(=O)OC(c2ccccc2)=C(C(=O)c2ccccc2)[C@@H]1c1ccc(Br)cc1. The monoisotopic (exact) mass is 504 g/mol. The van der Waals surface area contributed by atoms with Gasteiger partial charge in [0.15, 0.2) is 11.7 Å². The van der Waals surface area contributed by atoms with Crippen LogP contribution in [0.4, 0.5) is 0 Å². The van der Waals surface area contributed by atoms with Crippen LogP contribution in [0.5, 0.6) is 0 Å². The molecule has 3 aromatic rings. The van der Waals surface area contributed by atoms with E-state index in [9.17, 15) is 14.4 Å². The number of carbonyl (C=O) groups is 3. The summed E-state index contributed by atoms with van der Waals surface area (Å²) in [6.07, 6.45) is 0. The first kappa shape index (κ1) is 22.7. The van der Waals surface area contributed by atoms with Gasteiger partial charge in [0.25, 0.3) is 0 Å². The fraction of sp³-hybridized carbons (Fsp3) is 0.148. The predicted octanol–water partition coefficient (Wildman–Crippen LogP) is 5.56. The predicted molar refractivity (Wildman–Crippen MR) is 127 cm³/mol. The number of halogens is 1. The Morgan fingerprint density at radius 2 is 1.52 bits per heavy atom. The molecule has 6 heteroatoms. The maximum Gasteiger partial charge on any atom is 0.326 e. The van der Waals surface area contributed by atoms with Crippen molar-refractivity contribution in [1.29, 1.82) is 0 Å². The lowest BCUT2D eigenvalue weighted by Crippen LogP contribution is -2.39. The first-order valence-corrected chi connectivity index (χ1v) is 11.3. The molecule has 33 heavy (non-hydrogen) atoms. The molecule has 0 bridgehead atoms. The van der Waals surface area contributed by atoms with E-state index in [1.54, 1.807) is 67.6 Å². The number of ketones is 1. The number of allylic oxidation sites excluding steroid dienone is 1. The van der Waals surface area contributed by atoms with Crippen molar-refractivity contribution in [2.75, 3.05) is 6.61 Å². The smallest absolute Gasteiger partial charge is 0.326 e. The topological polar surface area (TPSA) is 69.7 Å². The highest BCUT2D eigenvalue weighted by molar-refractivity contribution is 9.10. The van der Waals surface area contributed by atoms with Gasteiger partial charge in [-0.25, -0.2) is 0 Å². The molecule has 0 amide bonds. The van der Waals surface area contributed by atoms with Gasteiger partial charge in [-0.2, -0.15) is 0 Å². The van der Waals surface area contributed by atoms with Crippen molar-refractivity contribution in [3.8, 4) is 0 Å². The molecule has 0 aromatic heterocycles. The molecule has 2 atom stereocenters. The molecule has 0 unspecified atom stereocenters. The third-order valence-electron chi connectivity index (χ3n) is 5.43. The van der Waals surface area contributed by atoms with Crippen molar-refractivity contribution in [3.05, 3.63) is 112 Å². The Morgan fingerprint density at radius 1 is 0.909 bits per heavy atom. The summed E-state index contributed by atoms with van der Waals surface area (Å²) in [5, 5.41) is 0. The molecule has 0 fully saturated rings. The van der Waals surface area contributed by atoms with Crippen LogP contribution < -0.4 is 0 Å². The molecule has 0 saturated heterocycles. The van der Waals surface area contributed by atoms with Gasteiger partial charge in [0.05, 0.1) is 12.2 Å². The zero-order valence-corrected chi connectivity index (χ0v) is 19.4. The van der Waals surface area contributed by atoms with E-state index >= 15 is 0 Å². The van der Waals surface area contributed by atoms with Crippen LogP contribution in [0.3, 0.4) is 0 Å². The first-order chi connectivity index (χ1) is 16.0. The summed E-state index contributed by atoms with van der Waals surface area (Å²) in [5.74, 6) is -3.81. The number of esters is 2. The van der Waals surface area contributed by atoms with Gasteiger partial charge in [-0.1, -0.05) is 88.7 Å². The number of ether oxygens (including phenoxy) is 2. The zero-order chi connectivity index (χ0) is 23.4. The van der Waals surface area contributed by atoms with E-state index in [0.717, 1.165) is 4.47 Å². The average molecular weight is 505 g/mol. The Balaban J connectivity index is 2.00. The van der Waals surface area contributed by atoms with Crippen molar-refractivity contribution >= 4 is 39.4 Å². The van der Waals surface area contributed by atoms with Crippen LogP contribution >= 0.6 is 15.9 Å². The van der Waals surface area contributed by atoms with E-state index in [4.69, 9.17) is 9.47 Å². The van der Waals surface area contributed by atoms with Crippen LogP contribution in [0.15, 0.2) is 95.0 Å². The minimum Gasteiger partial charge on any atom is -0.465 e. The highest BCUT2D eigenvalue weighted by Gasteiger charge is 2.48. The van der Waals surface area contributed by atoms with E-state index in [1.165, 1.54) is 0 Å². The molecule has 1 aliphatic heterocycles. The highest BCUT2D eigenvalue weighted by Crippen LogP contribution is 2.44. The Labute approximate surface area is 200 Å². The lowest BCUT2D eigenvalue weighted by atomic mass is 9.75. The molecule has 0 saturated carbocycles. The molecule has 0 N–H and O–H groups in total. The zero-order valence-electron chi connectivity index (χ0n) is 17.9. The molecule has 166 valence electrons.